The zero-order valence-electron chi connectivity index (χ0n) is 30.3. The van der Waals surface area contributed by atoms with Crippen molar-refractivity contribution in [2.75, 3.05) is 47.5 Å². The van der Waals surface area contributed by atoms with E-state index in [0.29, 0.717) is 17.4 Å². The van der Waals surface area contributed by atoms with E-state index in [2.05, 4.69) is 26.0 Å². The first kappa shape index (κ1) is 44.8. The third kappa shape index (κ3) is 32.7. The van der Waals surface area contributed by atoms with Crippen LogP contribution >= 0.6 is 7.82 Å². The van der Waals surface area contributed by atoms with Gasteiger partial charge in [-0.3, -0.25) is 14.2 Å². The molecule has 0 bridgehead atoms. The SMILES string of the molecule is CCCCCCCC/C=C\CCCCCCCCCC(=O)OC(COC(=O)CCCCCCC)COP(=O)([O-])OCC[N+](C)(C)C. The second kappa shape index (κ2) is 29.9. The van der Waals surface area contributed by atoms with Gasteiger partial charge in [0.25, 0.3) is 7.82 Å². The molecule has 0 aromatic heterocycles. The monoisotopic (exact) mass is 675 g/mol. The predicted molar refractivity (Wildman–Crippen MR) is 185 cm³/mol. The van der Waals surface area contributed by atoms with Gasteiger partial charge in [0, 0.05) is 12.8 Å². The van der Waals surface area contributed by atoms with Crippen LogP contribution in [0.15, 0.2) is 12.2 Å². The summed E-state index contributed by atoms with van der Waals surface area (Å²) in [5, 5.41) is 0. The summed E-state index contributed by atoms with van der Waals surface area (Å²) in [6.07, 6.45) is 27.1. The molecule has 0 amide bonds. The number of carbonyl (C=O) groups excluding carboxylic acids is 2. The Morgan fingerprint density at radius 1 is 0.652 bits per heavy atom. The molecular formula is C36H70NO8P. The number of allylic oxidation sites excluding steroid dienone is 2. The number of carbonyl (C=O) groups is 2. The highest BCUT2D eigenvalue weighted by Crippen LogP contribution is 2.38. The van der Waals surface area contributed by atoms with Gasteiger partial charge in [0.05, 0.1) is 27.7 Å². The highest BCUT2D eigenvalue weighted by Gasteiger charge is 2.21. The summed E-state index contributed by atoms with van der Waals surface area (Å²) < 4.78 is 33.5. The van der Waals surface area contributed by atoms with E-state index in [-0.39, 0.29) is 26.1 Å². The van der Waals surface area contributed by atoms with Crippen molar-refractivity contribution in [1.29, 1.82) is 0 Å². The Hall–Kier alpha value is -1.25. The van der Waals surface area contributed by atoms with Crippen LogP contribution in [0.4, 0.5) is 0 Å². The summed E-state index contributed by atoms with van der Waals surface area (Å²) >= 11 is 0. The fourth-order valence-electron chi connectivity index (χ4n) is 4.82. The summed E-state index contributed by atoms with van der Waals surface area (Å²) in [6, 6.07) is 0. The molecule has 0 aromatic carbocycles. The van der Waals surface area contributed by atoms with Crippen LogP contribution in [0.25, 0.3) is 0 Å². The lowest BCUT2D eigenvalue weighted by Crippen LogP contribution is -2.37. The van der Waals surface area contributed by atoms with E-state index in [1.165, 1.54) is 64.2 Å². The van der Waals surface area contributed by atoms with Crippen LogP contribution in [0.3, 0.4) is 0 Å². The van der Waals surface area contributed by atoms with Crippen molar-refractivity contribution in [3.05, 3.63) is 12.2 Å². The third-order valence-electron chi connectivity index (χ3n) is 7.79. The molecule has 0 spiro atoms. The quantitative estimate of drug-likeness (QED) is 0.0223. The summed E-state index contributed by atoms with van der Waals surface area (Å²) in [7, 11) is 1.16. The summed E-state index contributed by atoms with van der Waals surface area (Å²) in [6.45, 7) is 4.11. The molecule has 0 N–H and O–H groups in total. The van der Waals surface area contributed by atoms with Crippen molar-refractivity contribution >= 4 is 19.8 Å². The van der Waals surface area contributed by atoms with Crippen LogP contribution in [0.1, 0.15) is 155 Å². The average Bonchev–Trinajstić information content (AvgIpc) is 2.99. The van der Waals surface area contributed by atoms with Gasteiger partial charge in [0.2, 0.25) is 0 Å². The maximum absolute atomic E-state index is 12.5. The Morgan fingerprint density at radius 2 is 1.11 bits per heavy atom. The number of likely N-dealkylation sites (N-methyl/N-ethyl adjacent to an activating group) is 1. The van der Waals surface area contributed by atoms with Crippen molar-refractivity contribution < 1.29 is 42.1 Å². The molecule has 0 aliphatic carbocycles. The van der Waals surface area contributed by atoms with Gasteiger partial charge in [-0.15, -0.1) is 0 Å². The van der Waals surface area contributed by atoms with Gasteiger partial charge in [-0.1, -0.05) is 116 Å². The first-order valence-corrected chi connectivity index (χ1v) is 19.9. The van der Waals surface area contributed by atoms with Gasteiger partial charge in [-0.05, 0) is 38.5 Å². The molecule has 46 heavy (non-hydrogen) atoms. The Bertz CT molecular complexity index is 814. The molecule has 0 heterocycles. The van der Waals surface area contributed by atoms with E-state index in [9.17, 15) is 19.0 Å². The molecule has 0 radical (unpaired) electrons. The Balaban J connectivity index is 4.30. The smallest absolute Gasteiger partial charge is 0.306 e. The van der Waals surface area contributed by atoms with Gasteiger partial charge in [0.15, 0.2) is 6.10 Å². The van der Waals surface area contributed by atoms with Crippen molar-refractivity contribution in [1.82, 2.24) is 0 Å². The number of nitrogens with zero attached hydrogens (tertiary/aromatic N) is 1. The van der Waals surface area contributed by atoms with E-state index in [1.54, 1.807) is 0 Å². The zero-order valence-corrected chi connectivity index (χ0v) is 31.2. The molecule has 0 aromatic rings. The largest absolute Gasteiger partial charge is 0.756 e. The van der Waals surface area contributed by atoms with E-state index < -0.39 is 32.5 Å². The number of rotatable bonds is 33. The lowest BCUT2D eigenvalue weighted by molar-refractivity contribution is -0.870. The van der Waals surface area contributed by atoms with Crippen LogP contribution in [-0.4, -0.2) is 70.0 Å². The normalized spacial score (nSPS) is 14.0. The molecule has 2 atom stereocenters. The number of hydrogen-bond donors (Lipinski definition) is 0. The van der Waals surface area contributed by atoms with Gasteiger partial charge in [0.1, 0.15) is 19.8 Å². The maximum Gasteiger partial charge on any atom is 0.306 e. The number of quaternary nitrogens is 1. The number of hydrogen-bond acceptors (Lipinski definition) is 8. The molecule has 272 valence electrons. The number of ether oxygens (including phenoxy) is 2. The second-order valence-electron chi connectivity index (χ2n) is 13.6. The predicted octanol–water partition coefficient (Wildman–Crippen LogP) is 8.83. The van der Waals surface area contributed by atoms with Gasteiger partial charge >= 0.3 is 11.9 Å². The van der Waals surface area contributed by atoms with Crippen molar-refractivity contribution in [3.63, 3.8) is 0 Å². The highest BCUT2D eigenvalue weighted by molar-refractivity contribution is 7.45. The number of esters is 2. The summed E-state index contributed by atoms with van der Waals surface area (Å²) in [5.41, 5.74) is 0. The minimum Gasteiger partial charge on any atom is -0.756 e. The van der Waals surface area contributed by atoms with Crippen LogP contribution in [0, 0.1) is 0 Å². The van der Waals surface area contributed by atoms with Crippen LogP contribution in [0.5, 0.6) is 0 Å². The fourth-order valence-corrected chi connectivity index (χ4v) is 5.55. The van der Waals surface area contributed by atoms with Crippen LogP contribution in [0.2, 0.25) is 0 Å². The Morgan fingerprint density at radius 3 is 1.61 bits per heavy atom. The first-order chi connectivity index (χ1) is 22.0. The molecule has 0 saturated heterocycles. The molecule has 0 rings (SSSR count). The van der Waals surface area contributed by atoms with Gasteiger partial charge in [-0.25, -0.2) is 0 Å². The van der Waals surface area contributed by atoms with E-state index in [0.717, 1.165) is 57.8 Å². The Kier molecular flexibility index (Phi) is 29.0. The van der Waals surface area contributed by atoms with E-state index >= 15 is 0 Å². The molecular weight excluding hydrogens is 605 g/mol. The first-order valence-electron chi connectivity index (χ1n) is 18.4. The number of unbranched alkanes of at least 4 members (excludes halogenated alkanes) is 17. The van der Waals surface area contributed by atoms with E-state index in [1.807, 2.05) is 21.1 Å². The molecule has 0 aliphatic heterocycles. The fraction of sp³-hybridized carbons (Fsp3) is 0.889. The van der Waals surface area contributed by atoms with Crippen LogP contribution in [-0.2, 0) is 32.7 Å². The Labute approximate surface area is 282 Å². The zero-order chi connectivity index (χ0) is 34.4. The van der Waals surface area contributed by atoms with Crippen molar-refractivity contribution in [3.8, 4) is 0 Å². The lowest BCUT2D eigenvalue weighted by atomic mass is 10.1. The lowest BCUT2D eigenvalue weighted by Gasteiger charge is -2.28. The molecule has 2 unspecified atom stereocenters. The van der Waals surface area contributed by atoms with Gasteiger partial charge in [-0.2, -0.15) is 0 Å². The van der Waals surface area contributed by atoms with Crippen molar-refractivity contribution in [2.24, 2.45) is 0 Å². The second-order valence-corrected chi connectivity index (χ2v) is 15.0. The average molecular weight is 676 g/mol. The maximum atomic E-state index is 12.5. The van der Waals surface area contributed by atoms with Crippen molar-refractivity contribution in [2.45, 2.75) is 161 Å². The standard InChI is InChI=1S/C36H70NO8P/c1-6-8-10-12-13-14-15-16-17-18-19-20-21-22-23-25-27-29-36(39)45-34(32-42-35(38)28-26-24-11-9-7-2)33-44-46(40,41)43-31-30-37(3,4)5/h16-17,34H,6-15,18-33H2,1-5H3/b17-16-. The minimum atomic E-state index is -4.60. The topological polar surface area (TPSA) is 111 Å². The molecule has 0 aliphatic rings. The summed E-state index contributed by atoms with van der Waals surface area (Å²) in [4.78, 5) is 37.0. The van der Waals surface area contributed by atoms with Gasteiger partial charge < -0.3 is 27.9 Å². The molecule has 10 heteroatoms. The molecule has 0 saturated carbocycles. The number of phosphoric acid groups is 1. The molecule has 0 fully saturated rings. The molecule has 9 nitrogen and oxygen atoms in total. The summed E-state index contributed by atoms with van der Waals surface area (Å²) in [5.74, 6) is -0.852. The van der Waals surface area contributed by atoms with E-state index in [4.69, 9.17) is 18.5 Å². The third-order valence-corrected chi connectivity index (χ3v) is 8.75. The number of phosphoric ester groups is 1. The highest BCUT2D eigenvalue weighted by atomic mass is 31.2. The minimum absolute atomic E-state index is 0.0297. The van der Waals surface area contributed by atoms with Crippen LogP contribution < -0.4 is 4.89 Å².